The van der Waals surface area contributed by atoms with Crippen molar-refractivity contribution in [2.45, 2.75) is 18.9 Å². The van der Waals surface area contributed by atoms with Crippen LogP contribution in [0.25, 0.3) is 0 Å². The first-order valence-electron chi connectivity index (χ1n) is 8.70. The Kier molecular flexibility index (Phi) is 5.68. The van der Waals surface area contributed by atoms with Gasteiger partial charge in [-0.25, -0.2) is 0 Å². The number of carbonyl (C=O) groups excluding carboxylic acids is 1. The van der Waals surface area contributed by atoms with Gasteiger partial charge >= 0.3 is 5.97 Å². The summed E-state index contributed by atoms with van der Waals surface area (Å²) in [6, 6.07) is 17.3. The highest BCUT2D eigenvalue weighted by Crippen LogP contribution is 2.33. The summed E-state index contributed by atoms with van der Waals surface area (Å²) in [5.74, 6) is -1.63. The molecule has 1 aliphatic heterocycles. The van der Waals surface area contributed by atoms with Gasteiger partial charge in [0.15, 0.2) is 0 Å². The van der Waals surface area contributed by atoms with Crippen molar-refractivity contribution >= 4 is 11.9 Å². The average Bonchev–Trinajstić information content (AvgIpc) is 3.09. The molecule has 5 heteroatoms. The highest BCUT2D eigenvalue weighted by atomic mass is 16.5. The fourth-order valence-corrected chi connectivity index (χ4v) is 3.58. The Morgan fingerprint density at radius 1 is 1.08 bits per heavy atom. The maximum Gasteiger partial charge on any atom is 0.308 e. The van der Waals surface area contributed by atoms with Crippen molar-refractivity contribution in [3.8, 4) is 0 Å². The summed E-state index contributed by atoms with van der Waals surface area (Å²) < 4.78 is 5.13. The van der Waals surface area contributed by atoms with Gasteiger partial charge in [-0.2, -0.15) is 0 Å². The summed E-state index contributed by atoms with van der Waals surface area (Å²) in [5, 5.41) is 9.58. The molecule has 0 unspecified atom stereocenters. The Bertz CT molecular complexity index is 775. The number of methoxy groups -OCH3 is 1. The molecule has 136 valence electrons. The van der Waals surface area contributed by atoms with Crippen LogP contribution in [0.2, 0.25) is 0 Å². The van der Waals surface area contributed by atoms with Gasteiger partial charge in [-0.05, 0) is 16.7 Å². The van der Waals surface area contributed by atoms with Gasteiger partial charge in [0.25, 0.3) is 0 Å². The van der Waals surface area contributed by atoms with Crippen LogP contribution in [-0.4, -0.2) is 42.1 Å². The summed E-state index contributed by atoms with van der Waals surface area (Å²) in [6.07, 6.45) is 0.269. The van der Waals surface area contributed by atoms with E-state index in [0.717, 1.165) is 16.7 Å². The molecule has 2 aromatic rings. The van der Waals surface area contributed by atoms with Gasteiger partial charge in [0.05, 0.1) is 18.9 Å². The number of aliphatic carboxylic acids is 1. The minimum atomic E-state index is -0.851. The second-order valence-electron chi connectivity index (χ2n) is 6.69. The van der Waals surface area contributed by atoms with Crippen LogP contribution in [0.3, 0.4) is 0 Å². The highest BCUT2D eigenvalue weighted by molar-refractivity contribution is 5.81. The fraction of sp³-hybridized carbons (Fsp3) is 0.333. The third-order valence-electron chi connectivity index (χ3n) is 4.88. The van der Waals surface area contributed by atoms with Crippen LogP contribution in [0.15, 0.2) is 54.6 Å². The number of rotatable bonds is 6. The largest absolute Gasteiger partial charge is 0.481 e. The molecular formula is C21H23NO4. The predicted octanol–water partition coefficient (Wildman–Crippen LogP) is 2.70. The normalized spacial score (nSPS) is 19.5. The summed E-state index contributed by atoms with van der Waals surface area (Å²) in [5.41, 5.74) is 2.90. The van der Waals surface area contributed by atoms with Crippen molar-refractivity contribution in [3.63, 3.8) is 0 Å². The van der Waals surface area contributed by atoms with Crippen molar-refractivity contribution < 1.29 is 19.4 Å². The van der Waals surface area contributed by atoms with Gasteiger partial charge in [0.1, 0.15) is 0 Å². The van der Waals surface area contributed by atoms with Crippen molar-refractivity contribution in [1.29, 1.82) is 0 Å². The topological polar surface area (TPSA) is 66.8 Å². The van der Waals surface area contributed by atoms with Crippen LogP contribution in [0, 0.1) is 5.92 Å². The highest BCUT2D eigenvalue weighted by Gasteiger charge is 2.40. The van der Waals surface area contributed by atoms with E-state index < -0.39 is 11.9 Å². The molecule has 1 fully saturated rings. The Morgan fingerprint density at radius 3 is 2.50 bits per heavy atom. The van der Waals surface area contributed by atoms with Crippen molar-refractivity contribution in [3.05, 3.63) is 71.3 Å². The lowest BCUT2D eigenvalue weighted by atomic mass is 9.89. The van der Waals surface area contributed by atoms with E-state index in [1.165, 1.54) is 0 Å². The molecule has 2 aromatic carbocycles. The van der Waals surface area contributed by atoms with Crippen LogP contribution in [0.5, 0.6) is 0 Å². The van der Waals surface area contributed by atoms with Crippen LogP contribution < -0.4 is 0 Å². The van der Waals surface area contributed by atoms with Gasteiger partial charge < -0.3 is 14.7 Å². The molecule has 1 amide bonds. The van der Waals surface area contributed by atoms with Gasteiger partial charge in [-0.15, -0.1) is 0 Å². The minimum Gasteiger partial charge on any atom is -0.481 e. The molecular weight excluding hydrogens is 330 g/mol. The minimum absolute atomic E-state index is 0.0377. The molecule has 0 saturated carbocycles. The number of hydrogen-bond donors (Lipinski definition) is 1. The summed E-state index contributed by atoms with van der Waals surface area (Å²) in [4.78, 5) is 26.1. The Hall–Kier alpha value is -2.66. The zero-order valence-electron chi connectivity index (χ0n) is 14.8. The van der Waals surface area contributed by atoms with E-state index >= 15 is 0 Å². The molecule has 0 radical (unpaired) electrons. The number of nitrogens with zero attached hydrogens (tertiary/aromatic N) is 1. The molecule has 26 heavy (non-hydrogen) atoms. The van der Waals surface area contributed by atoms with Crippen molar-refractivity contribution in [1.82, 2.24) is 4.90 Å². The van der Waals surface area contributed by atoms with Gasteiger partial charge in [0.2, 0.25) is 5.91 Å². The Labute approximate surface area is 153 Å². The van der Waals surface area contributed by atoms with E-state index in [9.17, 15) is 14.7 Å². The van der Waals surface area contributed by atoms with E-state index in [4.69, 9.17) is 4.74 Å². The number of ether oxygens (including phenoxy) is 1. The summed E-state index contributed by atoms with van der Waals surface area (Å²) in [6.45, 7) is 1.20. The quantitative estimate of drug-likeness (QED) is 0.867. The standard InChI is InChI=1S/C21H23NO4/c1-26-14-16-7-5-6-15(10-16)11-20(23)22-12-18(19(13-22)21(24)25)17-8-3-2-4-9-17/h2-10,18-19H,11-14H2,1H3,(H,24,25)/t18-,19-/m0/s1. The lowest BCUT2D eigenvalue weighted by Crippen LogP contribution is -2.31. The molecule has 3 rings (SSSR count). The number of carboxylic acids is 1. The van der Waals surface area contributed by atoms with Gasteiger partial charge in [-0.3, -0.25) is 9.59 Å². The fourth-order valence-electron chi connectivity index (χ4n) is 3.58. The van der Waals surface area contributed by atoms with Crippen molar-refractivity contribution in [2.75, 3.05) is 20.2 Å². The van der Waals surface area contributed by atoms with E-state index in [-0.39, 0.29) is 24.8 Å². The number of amides is 1. The third kappa shape index (κ3) is 4.11. The van der Waals surface area contributed by atoms with E-state index in [2.05, 4.69) is 0 Å². The zero-order chi connectivity index (χ0) is 18.5. The molecule has 1 N–H and O–H groups in total. The van der Waals surface area contributed by atoms with Crippen LogP contribution in [0.4, 0.5) is 0 Å². The molecule has 0 bridgehead atoms. The Morgan fingerprint density at radius 2 is 1.81 bits per heavy atom. The maximum absolute atomic E-state index is 12.7. The molecule has 1 saturated heterocycles. The molecule has 2 atom stereocenters. The monoisotopic (exact) mass is 353 g/mol. The van der Waals surface area contributed by atoms with Gasteiger partial charge in [-0.1, -0.05) is 54.6 Å². The van der Waals surface area contributed by atoms with E-state index in [1.54, 1.807) is 12.0 Å². The first kappa shape index (κ1) is 18.1. The smallest absolute Gasteiger partial charge is 0.308 e. The van der Waals surface area contributed by atoms with Crippen LogP contribution >= 0.6 is 0 Å². The molecule has 0 aliphatic carbocycles. The molecule has 1 heterocycles. The number of carboxylic acid groups (broad SMARTS) is 1. The molecule has 5 nitrogen and oxygen atoms in total. The van der Waals surface area contributed by atoms with E-state index in [1.807, 2.05) is 54.6 Å². The first-order chi connectivity index (χ1) is 12.6. The second-order valence-corrected chi connectivity index (χ2v) is 6.69. The maximum atomic E-state index is 12.7. The second kappa shape index (κ2) is 8.15. The zero-order valence-corrected chi connectivity index (χ0v) is 14.8. The third-order valence-corrected chi connectivity index (χ3v) is 4.88. The molecule has 0 aromatic heterocycles. The van der Waals surface area contributed by atoms with Crippen LogP contribution in [0.1, 0.15) is 22.6 Å². The lowest BCUT2D eigenvalue weighted by Gasteiger charge is -2.17. The van der Waals surface area contributed by atoms with Crippen LogP contribution in [-0.2, 0) is 27.4 Å². The number of benzene rings is 2. The molecule has 0 spiro atoms. The van der Waals surface area contributed by atoms with Gasteiger partial charge in [0, 0.05) is 26.1 Å². The average molecular weight is 353 g/mol. The summed E-state index contributed by atoms with van der Waals surface area (Å²) >= 11 is 0. The molecule has 1 aliphatic rings. The summed E-state index contributed by atoms with van der Waals surface area (Å²) in [7, 11) is 1.64. The number of carbonyl (C=O) groups is 2. The SMILES string of the molecule is COCc1cccc(CC(=O)N2C[C@H](C(=O)O)[C@H](c3ccccc3)C2)c1. The predicted molar refractivity (Wildman–Crippen MR) is 97.7 cm³/mol. The number of hydrogen-bond acceptors (Lipinski definition) is 3. The first-order valence-corrected chi connectivity index (χ1v) is 8.70. The number of likely N-dealkylation sites (tertiary alicyclic amines) is 1. The van der Waals surface area contributed by atoms with Crippen molar-refractivity contribution in [2.24, 2.45) is 5.92 Å². The van der Waals surface area contributed by atoms with E-state index in [0.29, 0.717) is 13.2 Å². The Balaban J connectivity index is 1.72. The lowest BCUT2D eigenvalue weighted by molar-refractivity contribution is -0.141.